The average Bonchev–Trinajstić information content (AvgIpc) is 2.38. The van der Waals surface area contributed by atoms with Crippen molar-refractivity contribution in [2.45, 2.75) is 44.6 Å². The van der Waals surface area contributed by atoms with Gasteiger partial charge in [-0.15, -0.1) is 0 Å². The Hall–Kier alpha value is -1.59. The highest BCUT2D eigenvalue weighted by molar-refractivity contribution is 5.84. The molecule has 0 spiro atoms. The highest BCUT2D eigenvalue weighted by Gasteiger charge is 2.31. The van der Waals surface area contributed by atoms with Crippen molar-refractivity contribution in [2.75, 3.05) is 13.7 Å². The van der Waals surface area contributed by atoms with E-state index in [1.807, 2.05) is 0 Å². The van der Waals surface area contributed by atoms with Crippen molar-refractivity contribution in [1.29, 1.82) is 0 Å². The minimum absolute atomic E-state index is 0.188. The Kier molecular flexibility index (Phi) is 5.61. The second-order valence-electron chi connectivity index (χ2n) is 4.37. The van der Waals surface area contributed by atoms with Gasteiger partial charge in [0.25, 0.3) is 0 Å². The first-order valence-corrected chi connectivity index (χ1v) is 6.15. The molecular formula is C12H19NO5. The van der Waals surface area contributed by atoms with Crippen molar-refractivity contribution in [3.05, 3.63) is 0 Å². The zero-order chi connectivity index (χ0) is 13.5. The Morgan fingerprint density at radius 3 is 2.61 bits per heavy atom. The van der Waals surface area contributed by atoms with E-state index in [-0.39, 0.29) is 24.7 Å². The highest BCUT2D eigenvalue weighted by atomic mass is 16.5. The van der Waals surface area contributed by atoms with Crippen molar-refractivity contribution in [3.63, 3.8) is 0 Å². The number of rotatable bonds is 5. The molecule has 1 atom stereocenters. The zero-order valence-electron chi connectivity index (χ0n) is 10.6. The van der Waals surface area contributed by atoms with E-state index < -0.39 is 12.0 Å². The zero-order valence-corrected chi connectivity index (χ0v) is 10.6. The largest absolute Gasteiger partial charge is 0.480 e. The maximum atomic E-state index is 11.9. The number of aliphatic carboxylic acids is 1. The molecule has 0 aromatic heterocycles. The van der Waals surface area contributed by atoms with Crippen molar-refractivity contribution in [1.82, 2.24) is 4.90 Å². The molecule has 1 heterocycles. The van der Waals surface area contributed by atoms with Crippen molar-refractivity contribution < 1.29 is 24.2 Å². The number of piperidine rings is 1. The smallest absolute Gasteiger partial charge is 0.326 e. The van der Waals surface area contributed by atoms with E-state index in [2.05, 4.69) is 4.74 Å². The number of hydrogen-bond donors (Lipinski definition) is 1. The summed E-state index contributed by atoms with van der Waals surface area (Å²) in [5.74, 6) is -1.49. The van der Waals surface area contributed by atoms with Crippen LogP contribution in [0.2, 0.25) is 0 Å². The molecule has 6 heteroatoms. The summed E-state index contributed by atoms with van der Waals surface area (Å²) >= 11 is 0. The third-order valence-corrected chi connectivity index (χ3v) is 3.11. The number of carboxylic acid groups (broad SMARTS) is 1. The van der Waals surface area contributed by atoms with E-state index >= 15 is 0 Å². The van der Waals surface area contributed by atoms with Crippen LogP contribution < -0.4 is 0 Å². The molecule has 1 unspecified atom stereocenters. The van der Waals surface area contributed by atoms with E-state index in [4.69, 9.17) is 5.11 Å². The third-order valence-electron chi connectivity index (χ3n) is 3.11. The average molecular weight is 257 g/mol. The van der Waals surface area contributed by atoms with Crippen LogP contribution in [0.3, 0.4) is 0 Å². The number of carbonyl (C=O) groups is 3. The Balaban J connectivity index is 2.43. The molecule has 0 saturated carbocycles. The van der Waals surface area contributed by atoms with Gasteiger partial charge in [0.1, 0.15) is 6.04 Å². The maximum Gasteiger partial charge on any atom is 0.326 e. The van der Waals surface area contributed by atoms with Crippen LogP contribution in [0.4, 0.5) is 0 Å². The van der Waals surface area contributed by atoms with Crippen LogP contribution in [0, 0.1) is 0 Å². The van der Waals surface area contributed by atoms with Crippen LogP contribution in [0.15, 0.2) is 0 Å². The first-order chi connectivity index (χ1) is 8.56. The number of nitrogens with zero attached hydrogens (tertiary/aromatic N) is 1. The van der Waals surface area contributed by atoms with Gasteiger partial charge in [0.2, 0.25) is 5.91 Å². The van der Waals surface area contributed by atoms with Gasteiger partial charge in [0.05, 0.1) is 7.11 Å². The van der Waals surface area contributed by atoms with E-state index in [1.54, 1.807) is 0 Å². The summed E-state index contributed by atoms with van der Waals surface area (Å²) in [6.45, 7) is 0.494. The summed E-state index contributed by atoms with van der Waals surface area (Å²) in [4.78, 5) is 35.2. The normalized spacial score (nSPS) is 19.4. The topological polar surface area (TPSA) is 83.9 Å². The number of methoxy groups -OCH3 is 1. The van der Waals surface area contributed by atoms with Gasteiger partial charge in [-0.05, 0) is 25.7 Å². The van der Waals surface area contributed by atoms with Crippen LogP contribution in [-0.4, -0.2) is 47.5 Å². The van der Waals surface area contributed by atoms with Crippen LogP contribution in [0.25, 0.3) is 0 Å². The van der Waals surface area contributed by atoms with Crippen molar-refractivity contribution in [3.8, 4) is 0 Å². The molecule has 0 aromatic carbocycles. The van der Waals surface area contributed by atoms with Gasteiger partial charge in [-0.1, -0.05) is 0 Å². The predicted molar refractivity (Wildman–Crippen MR) is 62.9 cm³/mol. The van der Waals surface area contributed by atoms with E-state index in [0.717, 1.165) is 12.8 Å². The van der Waals surface area contributed by atoms with E-state index in [0.29, 0.717) is 19.4 Å². The summed E-state index contributed by atoms with van der Waals surface area (Å²) in [6.07, 6.45) is 2.97. The quantitative estimate of drug-likeness (QED) is 0.736. The highest BCUT2D eigenvalue weighted by Crippen LogP contribution is 2.18. The molecule has 1 N–H and O–H groups in total. The summed E-state index contributed by atoms with van der Waals surface area (Å²) in [5, 5.41) is 9.04. The molecule has 1 amide bonds. The molecule has 1 aliphatic rings. The number of esters is 1. The summed E-state index contributed by atoms with van der Waals surface area (Å²) in [6, 6.07) is -0.704. The second kappa shape index (κ2) is 6.98. The molecule has 102 valence electrons. The molecule has 0 bridgehead atoms. The van der Waals surface area contributed by atoms with E-state index in [9.17, 15) is 14.4 Å². The van der Waals surface area contributed by atoms with Gasteiger partial charge in [-0.2, -0.15) is 0 Å². The Labute approximate surface area is 106 Å². The molecule has 6 nitrogen and oxygen atoms in total. The fourth-order valence-corrected chi connectivity index (χ4v) is 2.12. The molecule has 18 heavy (non-hydrogen) atoms. The lowest BCUT2D eigenvalue weighted by Gasteiger charge is -2.33. The van der Waals surface area contributed by atoms with Gasteiger partial charge in [0, 0.05) is 19.4 Å². The minimum Gasteiger partial charge on any atom is -0.480 e. The van der Waals surface area contributed by atoms with Gasteiger partial charge < -0.3 is 14.7 Å². The number of likely N-dealkylation sites (tertiary alicyclic amines) is 1. The number of carboxylic acids is 1. The molecule has 0 radical (unpaired) electrons. The minimum atomic E-state index is -0.948. The molecule has 1 saturated heterocycles. The summed E-state index contributed by atoms with van der Waals surface area (Å²) in [7, 11) is 1.30. The second-order valence-corrected chi connectivity index (χ2v) is 4.37. The van der Waals surface area contributed by atoms with Gasteiger partial charge in [-0.3, -0.25) is 9.59 Å². The molecule has 0 aromatic rings. The van der Waals surface area contributed by atoms with E-state index in [1.165, 1.54) is 12.0 Å². The Bertz CT molecular complexity index is 328. The predicted octanol–water partition coefficient (Wildman–Crippen LogP) is 0.795. The number of amides is 1. The van der Waals surface area contributed by atoms with Crippen molar-refractivity contribution >= 4 is 17.8 Å². The lowest BCUT2D eigenvalue weighted by molar-refractivity contribution is -0.152. The maximum absolute atomic E-state index is 11.9. The standard InChI is InChI=1S/C12H19NO5/c1-18-11(15)7-4-6-10(14)13-8-3-2-5-9(13)12(16)17/h9H,2-8H2,1H3,(H,16,17). The fraction of sp³-hybridized carbons (Fsp3) is 0.750. The fourth-order valence-electron chi connectivity index (χ4n) is 2.12. The Morgan fingerprint density at radius 1 is 1.28 bits per heavy atom. The number of carbonyl (C=O) groups excluding carboxylic acids is 2. The van der Waals surface area contributed by atoms with Crippen LogP contribution in [-0.2, 0) is 19.1 Å². The molecule has 1 rings (SSSR count). The van der Waals surface area contributed by atoms with Crippen LogP contribution >= 0.6 is 0 Å². The van der Waals surface area contributed by atoms with Gasteiger partial charge in [0.15, 0.2) is 0 Å². The third kappa shape index (κ3) is 4.01. The van der Waals surface area contributed by atoms with Gasteiger partial charge >= 0.3 is 11.9 Å². The first kappa shape index (κ1) is 14.5. The summed E-state index contributed by atoms with van der Waals surface area (Å²) in [5.41, 5.74) is 0. The summed E-state index contributed by atoms with van der Waals surface area (Å²) < 4.78 is 4.48. The lowest BCUT2D eigenvalue weighted by Crippen LogP contribution is -2.47. The lowest BCUT2D eigenvalue weighted by atomic mass is 10.0. The van der Waals surface area contributed by atoms with Gasteiger partial charge in [-0.25, -0.2) is 4.79 Å². The van der Waals surface area contributed by atoms with Crippen molar-refractivity contribution in [2.24, 2.45) is 0 Å². The SMILES string of the molecule is COC(=O)CCCC(=O)N1CCCCC1C(=O)O. The monoisotopic (exact) mass is 257 g/mol. The first-order valence-electron chi connectivity index (χ1n) is 6.15. The molecule has 1 aliphatic heterocycles. The number of hydrogen-bond acceptors (Lipinski definition) is 4. The van der Waals surface area contributed by atoms with Crippen LogP contribution in [0.5, 0.6) is 0 Å². The molecule has 0 aliphatic carbocycles. The van der Waals surface area contributed by atoms with Crippen LogP contribution in [0.1, 0.15) is 38.5 Å². The number of ether oxygens (including phenoxy) is 1. The molecule has 1 fully saturated rings. The molecular weight excluding hydrogens is 238 g/mol. The Morgan fingerprint density at radius 2 is 2.00 bits per heavy atom.